The van der Waals surface area contributed by atoms with Crippen molar-refractivity contribution in [2.75, 3.05) is 6.54 Å². The Kier molecular flexibility index (Phi) is 3.39. The smallest absolute Gasteiger partial charge is 0.255 e. The van der Waals surface area contributed by atoms with Gasteiger partial charge in [0.2, 0.25) is 0 Å². The highest BCUT2D eigenvalue weighted by Crippen LogP contribution is 2.20. The SMILES string of the molecule is NC(=S)CCNC(=O)c1coc2ccccc12. The molecule has 2 rings (SSSR count). The molecule has 0 bridgehead atoms. The Hall–Kier alpha value is -1.88. The zero-order chi connectivity index (χ0) is 12.3. The van der Waals surface area contributed by atoms with Crippen molar-refractivity contribution in [2.24, 2.45) is 5.73 Å². The number of fused-ring (bicyclic) bond motifs is 1. The first kappa shape index (κ1) is 11.6. The molecule has 1 aromatic carbocycles. The number of furan rings is 1. The number of nitrogens with one attached hydrogen (secondary N) is 1. The molecule has 2 aromatic rings. The molecule has 17 heavy (non-hydrogen) atoms. The summed E-state index contributed by atoms with van der Waals surface area (Å²) >= 11 is 4.73. The maximum Gasteiger partial charge on any atom is 0.255 e. The van der Waals surface area contributed by atoms with Gasteiger partial charge >= 0.3 is 0 Å². The van der Waals surface area contributed by atoms with Crippen LogP contribution in [0.5, 0.6) is 0 Å². The van der Waals surface area contributed by atoms with Crippen LogP contribution in [0, 0.1) is 0 Å². The Labute approximate surface area is 104 Å². The van der Waals surface area contributed by atoms with E-state index in [0.29, 0.717) is 29.1 Å². The third-order valence-electron chi connectivity index (χ3n) is 2.38. The van der Waals surface area contributed by atoms with E-state index in [1.54, 1.807) is 0 Å². The fraction of sp³-hybridized carbons (Fsp3) is 0.167. The topological polar surface area (TPSA) is 68.3 Å². The van der Waals surface area contributed by atoms with Gasteiger partial charge in [0.05, 0.1) is 10.6 Å². The number of carbonyl (C=O) groups excluding carboxylic acids is 1. The molecular formula is C12H12N2O2S. The van der Waals surface area contributed by atoms with Gasteiger partial charge < -0.3 is 15.5 Å². The molecule has 88 valence electrons. The van der Waals surface area contributed by atoms with Crippen molar-refractivity contribution in [2.45, 2.75) is 6.42 Å². The molecule has 0 aliphatic carbocycles. The van der Waals surface area contributed by atoms with Gasteiger partial charge in [0, 0.05) is 18.4 Å². The quantitative estimate of drug-likeness (QED) is 0.810. The minimum Gasteiger partial charge on any atom is -0.463 e. The van der Waals surface area contributed by atoms with Gasteiger partial charge in [0.25, 0.3) is 5.91 Å². The molecule has 0 aliphatic heterocycles. The first-order chi connectivity index (χ1) is 8.18. The molecule has 0 radical (unpaired) electrons. The van der Waals surface area contributed by atoms with Crippen molar-refractivity contribution in [1.29, 1.82) is 0 Å². The van der Waals surface area contributed by atoms with E-state index < -0.39 is 0 Å². The standard InChI is InChI=1S/C12H12N2O2S/c13-11(17)5-6-14-12(15)9-7-16-10-4-2-1-3-8(9)10/h1-4,7H,5-6H2,(H2,13,17)(H,14,15). The van der Waals surface area contributed by atoms with Crippen molar-refractivity contribution in [3.05, 3.63) is 36.1 Å². The third kappa shape index (κ3) is 2.62. The monoisotopic (exact) mass is 248 g/mol. The number of carbonyl (C=O) groups is 1. The molecule has 0 fully saturated rings. The van der Waals surface area contributed by atoms with Crippen LogP contribution in [0.2, 0.25) is 0 Å². The van der Waals surface area contributed by atoms with Crippen LogP contribution < -0.4 is 11.1 Å². The van der Waals surface area contributed by atoms with Gasteiger partial charge in [-0.3, -0.25) is 4.79 Å². The van der Waals surface area contributed by atoms with Crippen LogP contribution in [-0.2, 0) is 0 Å². The van der Waals surface area contributed by atoms with Crippen LogP contribution in [0.3, 0.4) is 0 Å². The summed E-state index contributed by atoms with van der Waals surface area (Å²) in [4.78, 5) is 12.2. The highest BCUT2D eigenvalue weighted by molar-refractivity contribution is 7.80. The van der Waals surface area contributed by atoms with E-state index >= 15 is 0 Å². The molecule has 0 saturated heterocycles. The fourth-order valence-electron chi connectivity index (χ4n) is 1.55. The van der Waals surface area contributed by atoms with Crippen LogP contribution >= 0.6 is 12.2 Å². The van der Waals surface area contributed by atoms with E-state index in [0.717, 1.165) is 5.39 Å². The second-order valence-corrected chi connectivity index (χ2v) is 4.14. The number of hydrogen-bond donors (Lipinski definition) is 2. The van der Waals surface area contributed by atoms with Crippen LogP contribution in [-0.4, -0.2) is 17.4 Å². The minimum absolute atomic E-state index is 0.175. The van der Waals surface area contributed by atoms with Crippen molar-refractivity contribution in [3.8, 4) is 0 Å². The normalized spacial score (nSPS) is 10.4. The molecule has 0 spiro atoms. The number of benzene rings is 1. The third-order valence-corrected chi connectivity index (χ3v) is 2.59. The zero-order valence-corrected chi connectivity index (χ0v) is 9.92. The Bertz CT molecular complexity index is 562. The largest absolute Gasteiger partial charge is 0.463 e. The van der Waals surface area contributed by atoms with Gasteiger partial charge in [-0.1, -0.05) is 30.4 Å². The predicted molar refractivity (Wildman–Crippen MR) is 69.9 cm³/mol. The maximum absolute atomic E-state index is 11.8. The summed E-state index contributed by atoms with van der Waals surface area (Å²) in [7, 11) is 0. The average molecular weight is 248 g/mol. The molecule has 5 heteroatoms. The van der Waals surface area contributed by atoms with Crippen LogP contribution in [0.4, 0.5) is 0 Å². The summed E-state index contributed by atoms with van der Waals surface area (Å²) in [6.07, 6.45) is 1.96. The second kappa shape index (κ2) is 4.97. The summed E-state index contributed by atoms with van der Waals surface area (Å²) in [5, 5.41) is 3.55. The summed E-state index contributed by atoms with van der Waals surface area (Å²) < 4.78 is 5.29. The first-order valence-electron chi connectivity index (χ1n) is 5.21. The lowest BCUT2D eigenvalue weighted by atomic mass is 10.1. The Balaban J connectivity index is 2.11. The van der Waals surface area contributed by atoms with Crippen molar-refractivity contribution in [1.82, 2.24) is 5.32 Å². The number of hydrogen-bond acceptors (Lipinski definition) is 3. The van der Waals surface area contributed by atoms with Crippen molar-refractivity contribution in [3.63, 3.8) is 0 Å². The second-order valence-electron chi connectivity index (χ2n) is 3.62. The van der Waals surface area contributed by atoms with E-state index in [2.05, 4.69) is 5.32 Å². The van der Waals surface area contributed by atoms with E-state index in [1.165, 1.54) is 6.26 Å². The first-order valence-corrected chi connectivity index (χ1v) is 5.62. The average Bonchev–Trinajstić information content (AvgIpc) is 2.72. The Morgan fingerprint density at radius 1 is 1.41 bits per heavy atom. The fourth-order valence-corrected chi connectivity index (χ4v) is 1.65. The maximum atomic E-state index is 11.8. The molecule has 1 aromatic heterocycles. The number of rotatable bonds is 4. The van der Waals surface area contributed by atoms with E-state index in [4.69, 9.17) is 22.4 Å². The van der Waals surface area contributed by atoms with Gasteiger partial charge in [-0.05, 0) is 6.07 Å². The summed E-state index contributed by atoms with van der Waals surface area (Å²) in [5.41, 5.74) is 6.58. The summed E-state index contributed by atoms with van der Waals surface area (Å²) in [6.45, 7) is 0.438. The van der Waals surface area contributed by atoms with Gasteiger partial charge in [0.1, 0.15) is 11.8 Å². The number of amides is 1. The Morgan fingerprint density at radius 2 is 2.18 bits per heavy atom. The number of thiocarbonyl (C=S) groups is 1. The van der Waals surface area contributed by atoms with Gasteiger partial charge in [-0.15, -0.1) is 0 Å². The molecule has 0 aliphatic rings. The lowest BCUT2D eigenvalue weighted by Gasteiger charge is -2.02. The number of para-hydroxylation sites is 1. The molecular weight excluding hydrogens is 236 g/mol. The van der Waals surface area contributed by atoms with Crippen LogP contribution in [0.25, 0.3) is 11.0 Å². The highest BCUT2D eigenvalue weighted by atomic mass is 32.1. The molecule has 0 saturated carbocycles. The van der Waals surface area contributed by atoms with Gasteiger partial charge in [-0.2, -0.15) is 0 Å². The predicted octanol–water partition coefficient (Wildman–Crippen LogP) is 1.84. The van der Waals surface area contributed by atoms with Gasteiger partial charge in [0.15, 0.2) is 0 Å². The lowest BCUT2D eigenvalue weighted by molar-refractivity contribution is 0.0955. The summed E-state index contributed by atoms with van der Waals surface area (Å²) in [5.74, 6) is -0.175. The molecule has 1 amide bonds. The molecule has 1 heterocycles. The lowest BCUT2D eigenvalue weighted by Crippen LogP contribution is -2.27. The number of nitrogens with two attached hydrogens (primary N) is 1. The van der Waals surface area contributed by atoms with Crippen LogP contribution in [0.15, 0.2) is 34.9 Å². The van der Waals surface area contributed by atoms with Crippen LogP contribution in [0.1, 0.15) is 16.8 Å². The van der Waals surface area contributed by atoms with E-state index in [-0.39, 0.29) is 5.91 Å². The summed E-state index contributed by atoms with van der Waals surface area (Å²) in [6, 6.07) is 7.40. The van der Waals surface area contributed by atoms with E-state index in [1.807, 2.05) is 24.3 Å². The van der Waals surface area contributed by atoms with Crippen molar-refractivity contribution >= 4 is 34.1 Å². The molecule has 4 nitrogen and oxygen atoms in total. The molecule has 3 N–H and O–H groups in total. The Morgan fingerprint density at radius 3 is 2.94 bits per heavy atom. The van der Waals surface area contributed by atoms with Gasteiger partial charge in [-0.25, -0.2) is 0 Å². The molecule has 0 unspecified atom stereocenters. The minimum atomic E-state index is -0.175. The highest BCUT2D eigenvalue weighted by Gasteiger charge is 2.12. The van der Waals surface area contributed by atoms with Crippen molar-refractivity contribution < 1.29 is 9.21 Å². The zero-order valence-electron chi connectivity index (χ0n) is 9.10. The van der Waals surface area contributed by atoms with E-state index in [9.17, 15) is 4.79 Å². The molecule has 0 atom stereocenters.